The Hall–Kier alpha value is -1.60. The van der Waals surface area contributed by atoms with Crippen LogP contribution in [-0.2, 0) is 0 Å². The second-order valence-corrected chi connectivity index (χ2v) is 3.42. The Kier molecular flexibility index (Phi) is 1.87. The summed E-state index contributed by atoms with van der Waals surface area (Å²) in [5.74, 6) is 1.58. The Bertz CT molecular complexity index is 464. The van der Waals surface area contributed by atoms with Gasteiger partial charge in [-0.2, -0.15) is 5.26 Å². The molecule has 2 heterocycles. The van der Waals surface area contributed by atoms with E-state index in [0.717, 1.165) is 16.5 Å². The molecule has 0 unspecified atom stereocenters. The van der Waals surface area contributed by atoms with E-state index in [9.17, 15) is 0 Å². The third-order valence-corrected chi connectivity index (χ3v) is 2.43. The molecule has 0 aromatic carbocycles. The van der Waals surface area contributed by atoms with Gasteiger partial charge in [0.05, 0.1) is 0 Å². The van der Waals surface area contributed by atoms with Crippen molar-refractivity contribution in [3.63, 3.8) is 0 Å². The van der Waals surface area contributed by atoms with Crippen molar-refractivity contribution in [3.05, 3.63) is 29.0 Å². The molecule has 0 amide bonds. The van der Waals surface area contributed by atoms with Crippen LogP contribution in [0.2, 0.25) is 0 Å². The highest BCUT2D eigenvalue weighted by atomic mass is 32.1. The number of aryl methyl sites for hydroxylation is 1. The first-order valence-corrected chi connectivity index (χ1v) is 4.60. The average molecular weight is 190 g/mol. The molecule has 64 valence electrons. The molecule has 2 aromatic rings. The number of nitriles is 1. The van der Waals surface area contributed by atoms with Crippen LogP contribution in [0.4, 0.5) is 0 Å². The van der Waals surface area contributed by atoms with Crippen molar-refractivity contribution < 1.29 is 4.42 Å². The van der Waals surface area contributed by atoms with Crippen molar-refractivity contribution in [2.45, 2.75) is 6.92 Å². The maximum atomic E-state index is 8.57. The van der Waals surface area contributed by atoms with Crippen LogP contribution in [0.25, 0.3) is 10.8 Å². The summed E-state index contributed by atoms with van der Waals surface area (Å²) in [5, 5.41) is 11.0. The van der Waals surface area contributed by atoms with E-state index in [-0.39, 0.29) is 0 Å². The lowest BCUT2D eigenvalue weighted by molar-refractivity contribution is 0.548. The van der Waals surface area contributed by atoms with E-state index in [0.29, 0.717) is 5.69 Å². The van der Waals surface area contributed by atoms with E-state index in [1.165, 1.54) is 11.3 Å². The van der Waals surface area contributed by atoms with Gasteiger partial charge < -0.3 is 4.42 Å². The highest BCUT2D eigenvalue weighted by Gasteiger charge is 2.07. The molecule has 0 aliphatic rings. The SMILES string of the molecule is Cc1ccc(-c2nc(C#N)cs2)o1. The van der Waals surface area contributed by atoms with Crippen LogP contribution in [0.1, 0.15) is 11.5 Å². The molecule has 4 heteroatoms. The van der Waals surface area contributed by atoms with Gasteiger partial charge in [-0.15, -0.1) is 11.3 Å². The van der Waals surface area contributed by atoms with Gasteiger partial charge in [0.1, 0.15) is 11.8 Å². The monoisotopic (exact) mass is 190 g/mol. The van der Waals surface area contributed by atoms with Gasteiger partial charge in [0.15, 0.2) is 16.5 Å². The molecule has 0 saturated heterocycles. The number of hydrogen-bond acceptors (Lipinski definition) is 4. The summed E-state index contributed by atoms with van der Waals surface area (Å²) in [5.41, 5.74) is 0.439. The van der Waals surface area contributed by atoms with Crippen molar-refractivity contribution in [2.24, 2.45) is 0 Å². The quantitative estimate of drug-likeness (QED) is 0.694. The van der Waals surface area contributed by atoms with Gasteiger partial charge in [-0.05, 0) is 19.1 Å². The maximum absolute atomic E-state index is 8.57. The zero-order chi connectivity index (χ0) is 9.26. The lowest BCUT2D eigenvalue weighted by Gasteiger charge is -1.86. The zero-order valence-corrected chi connectivity index (χ0v) is 7.76. The molecule has 3 nitrogen and oxygen atoms in total. The van der Waals surface area contributed by atoms with E-state index >= 15 is 0 Å². The molecule has 2 rings (SSSR count). The Morgan fingerprint density at radius 2 is 2.38 bits per heavy atom. The Morgan fingerprint density at radius 1 is 1.54 bits per heavy atom. The molecule has 13 heavy (non-hydrogen) atoms. The standard InChI is InChI=1S/C9H6N2OS/c1-6-2-3-8(12-6)9-11-7(4-10)5-13-9/h2-3,5H,1H3. The molecule has 0 fully saturated rings. The summed E-state index contributed by atoms with van der Waals surface area (Å²) in [6.07, 6.45) is 0. The first-order valence-electron chi connectivity index (χ1n) is 3.72. The van der Waals surface area contributed by atoms with E-state index < -0.39 is 0 Å². The molecule has 0 spiro atoms. The highest BCUT2D eigenvalue weighted by molar-refractivity contribution is 7.13. The Labute approximate surface area is 79.3 Å². The molecule has 2 aromatic heterocycles. The highest BCUT2D eigenvalue weighted by Crippen LogP contribution is 2.24. The second-order valence-electron chi connectivity index (χ2n) is 2.56. The lowest BCUT2D eigenvalue weighted by atomic mass is 10.4. The molecule has 0 aliphatic heterocycles. The molecule has 0 radical (unpaired) electrons. The van der Waals surface area contributed by atoms with E-state index in [1.54, 1.807) is 5.38 Å². The zero-order valence-electron chi connectivity index (χ0n) is 6.94. The fourth-order valence-electron chi connectivity index (χ4n) is 0.988. The minimum Gasteiger partial charge on any atom is -0.459 e. The minimum atomic E-state index is 0.439. The van der Waals surface area contributed by atoms with Gasteiger partial charge in [-0.1, -0.05) is 0 Å². The fraction of sp³-hybridized carbons (Fsp3) is 0.111. The normalized spacial score (nSPS) is 9.85. The smallest absolute Gasteiger partial charge is 0.162 e. The predicted molar refractivity (Wildman–Crippen MR) is 49.3 cm³/mol. The summed E-state index contributed by atoms with van der Waals surface area (Å²) in [4.78, 5) is 4.08. The van der Waals surface area contributed by atoms with Crippen molar-refractivity contribution in [1.29, 1.82) is 5.26 Å². The third-order valence-electron chi connectivity index (χ3n) is 1.57. The Morgan fingerprint density at radius 3 is 2.92 bits per heavy atom. The van der Waals surface area contributed by atoms with Gasteiger partial charge in [0, 0.05) is 5.38 Å². The Balaban J connectivity index is 2.42. The average Bonchev–Trinajstić information content (AvgIpc) is 2.71. The van der Waals surface area contributed by atoms with Gasteiger partial charge in [0.2, 0.25) is 0 Å². The van der Waals surface area contributed by atoms with E-state index in [2.05, 4.69) is 4.98 Å². The number of hydrogen-bond donors (Lipinski definition) is 0. The molecule has 0 atom stereocenters. The molecule has 0 N–H and O–H groups in total. The fourth-order valence-corrected chi connectivity index (χ4v) is 1.69. The van der Waals surface area contributed by atoms with E-state index in [1.807, 2.05) is 25.1 Å². The maximum Gasteiger partial charge on any atom is 0.162 e. The molecule has 0 bridgehead atoms. The summed E-state index contributed by atoms with van der Waals surface area (Å²) in [7, 11) is 0. The van der Waals surface area contributed by atoms with Crippen molar-refractivity contribution in [3.8, 4) is 16.8 Å². The van der Waals surface area contributed by atoms with Crippen molar-refractivity contribution in [2.75, 3.05) is 0 Å². The van der Waals surface area contributed by atoms with Crippen LogP contribution in [0.5, 0.6) is 0 Å². The largest absolute Gasteiger partial charge is 0.459 e. The summed E-state index contributed by atoms with van der Waals surface area (Å²) in [6, 6.07) is 5.72. The number of aromatic nitrogens is 1. The van der Waals surface area contributed by atoms with Crippen LogP contribution in [0, 0.1) is 18.3 Å². The third kappa shape index (κ3) is 1.46. The van der Waals surface area contributed by atoms with Crippen molar-refractivity contribution in [1.82, 2.24) is 4.98 Å². The molecular weight excluding hydrogens is 184 g/mol. The predicted octanol–water partition coefficient (Wildman–Crippen LogP) is 2.58. The minimum absolute atomic E-state index is 0.439. The van der Waals surface area contributed by atoms with Crippen molar-refractivity contribution >= 4 is 11.3 Å². The van der Waals surface area contributed by atoms with Crippen LogP contribution in [-0.4, -0.2) is 4.98 Å². The number of rotatable bonds is 1. The van der Waals surface area contributed by atoms with Gasteiger partial charge in [0.25, 0.3) is 0 Å². The number of thiazole rings is 1. The lowest BCUT2D eigenvalue weighted by Crippen LogP contribution is -1.73. The first-order chi connectivity index (χ1) is 6.29. The molecule has 0 aliphatic carbocycles. The van der Waals surface area contributed by atoms with Gasteiger partial charge >= 0.3 is 0 Å². The first kappa shape index (κ1) is 8.02. The summed E-state index contributed by atoms with van der Waals surface area (Å²) in [6.45, 7) is 1.88. The summed E-state index contributed by atoms with van der Waals surface area (Å²) < 4.78 is 5.37. The number of nitrogens with zero attached hydrogens (tertiary/aromatic N) is 2. The summed E-state index contributed by atoms with van der Waals surface area (Å²) >= 11 is 1.41. The van der Waals surface area contributed by atoms with Crippen LogP contribution in [0.15, 0.2) is 21.9 Å². The second kappa shape index (κ2) is 3.04. The number of furan rings is 1. The molecule has 0 saturated carbocycles. The van der Waals surface area contributed by atoms with Gasteiger partial charge in [-0.25, -0.2) is 4.98 Å². The van der Waals surface area contributed by atoms with Crippen LogP contribution in [0.3, 0.4) is 0 Å². The van der Waals surface area contributed by atoms with Crippen LogP contribution < -0.4 is 0 Å². The topological polar surface area (TPSA) is 49.8 Å². The van der Waals surface area contributed by atoms with E-state index in [4.69, 9.17) is 9.68 Å². The van der Waals surface area contributed by atoms with Gasteiger partial charge in [-0.3, -0.25) is 0 Å². The molecular formula is C9H6N2OS. The van der Waals surface area contributed by atoms with Crippen LogP contribution >= 0.6 is 11.3 Å².